The van der Waals surface area contributed by atoms with E-state index in [1.165, 1.54) is 62.1 Å². The summed E-state index contributed by atoms with van der Waals surface area (Å²) in [5.74, 6) is 0. The smallest absolute Gasteiger partial charge is 0.0714 e. The Labute approximate surface area is 205 Å². The Bertz CT molecular complexity index is 1330. The molecule has 4 rings (SSSR count). The number of pyridine rings is 1. The van der Waals surface area contributed by atoms with Crippen molar-refractivity contribution in [2.24, 2.45) is 0 Å². The lowest BCUT2D eigenvalue weighted by Crippen LogP contribution is -1.95. The molecule has 0 amide bonds. The summed E-state index contributed by atoms with van der Waals surface area (Å²) in [5.41, 5.74) is 16.2. The molecule has 0 aliphatic heterocycles. The summed E-state index contributed by atoms with van der Waals surface area (Å²) in [7, 11) is 0. The minimum atomic E-state index is 0.979. The van der Waals surface area contributed by atoms with Crippen LogP contribution < -0.4 is 0 Å². The van der Waals surface area contributed by atoms with Crippen LogP contribution in [-0.4, -0.2) is 4.98 Å². The minimum absolute atomic E-state index is 0.979. The summed E-state index contributed by atoms with van der Waals surface area (Å²) < 4.78 is 0. The maximum Gasteiger partial charge on any atom is 0.0714 e. The molecule has 0 saturated heterocycles. The lowest BCUT2D eigenvalue weighted by molar-refractivity contribution is 0.918. The molecule has 1 nitrogen and oxygen atoms in total. The molecule has 0 unspecified atom stereocenters. The van der Waals surface area contributed by atoms with Gasteiger partial charge in [0.15, 0.2) is 0 Å². The van der Waals surface area contributed by atoms with E-state index < -0.39 is 0 Å². The molecule has 0 aliphatic carbocycles. The van der Waals surface area contributed by atoms with Gasteiger partial charge in [0.25, 0.3) is 0 Å². The standard InChI is InChI=1S/C33H35N/c1-8-10-26-17-24(6)33(25(7)18-26)29-13-14-34-31(20-29)30-12-11-28(19-27(30)9-2)32-22(4)15-21(3)16-23(32)5/h9,11-20H,2,8,10H2,1,3-7H3. The first-order chi connectivity index (χ1) is 16.3. The third-order valence-electron chi connectivity index (χ3n) is 6.69. The highest BCUT2D eigenvalue weighted by Crippen LogP contribution is 2.35. The van der Waals surface area contributed by atoms with Crippen LogP contribution >= 0.6 is 0 Å². The van der Waals surface area contributed by atoms with Gasteiger partial charge in [0.2, 0.25) is 0 Å². The van der Waals surface area contributed by atoms with E-state index in [2.05, 4.69) is 103 Å². The molecule has 172 valence electrons. The van der Waals surface area contributed by atoms with Crippen LogP contribution in [0.4, 0.5) is 0 Å². The number of hydrogen-bond donors (Lipinski definition) is 0. The van der Waals surface area contributed by atoms with Gasteiger partial charge in [-0.3, -0.25) is 4.98 Å². The zero-order chi connectivity index (χ0) is 24.4. The van der Waals surface area contributed by atoms with Crippen LogP contribution in [0, 0.1) is 34.6 Å². The molecule has 34 heavy (non-hydrogen) atoms. The highest BCUT2D eigenvalue weighted by molar-refractivity contribution is 5.82. The first kappa shape index (κ1) is 23.7. The molecule has 0 fully saturated rings. The fraction of sp³-hybridized carbons (Fsp3) is 0.242. The van der Waals surface area contributed by atoms with Crippen molar-refractivity contribution in [3.63, 3.8) is 0 Å². The van der Waals surface area contributed by atoms with Crippen molar-refractivity contribution < 1.29 is 0 Å². The molecule has 0 saturated carbocycles. The molecule has 0 N–H and O–H groups in total. The van der Waals surface area contributed by atoms with E-state index in [9.17, 15) is 0 Å². The molecule has 0 radical (unpaired) electrons. The lowest BCUT2D eigenvalue weighted by atomic mass is 9.90. The Morgan fingerprint density at radius 2 is 1.32 bits per heavy atom. The Kier molecular flexibility index (Phi) is 6.84. The average molecular weight is 446 g/mol. The van der Waals surface area contributed by atoms with E-state index in [0.29, 0.717) is 0 Å². The minimum Gasteiger partial charge on any atom is -0.256 e. The summed E-state index contributed by atoms with van der Waals surface area (Å²) in [6.07, 6.45) is 6.17. The van der Waals surface area contributed by atoms with Crippen molar-refractivity contribution in [2.75, 3.05) is 0 Å². The van der Waals surface area contributed by atoms with Gasteiger partial charge >= 0.3 is 0 Å². The van der Waals surface area contributed by atoms with Crippen molar-refractivity contribution in [1.29, 1.82) is 0 Å². The largest absolute Gasteiger partial charge is 0.256 e. The second-order valence-electron chi connectivity index (χ2n) is 9.56. The molecule has 4 aromatic rings. The summed E-state index contributed by atoms with van der Waals surface area (Å²) >= 11 is 0. The van der Waals surface area contributed by atoms with Crippen LogP contribution in [0.25, 0.3) is 39.6 Å². The Morgan fingerprint density at radius 1 is 0.735 bits per heavy atom. The van der Waals surface area contributed by atoms with Gasteiger partial charge in [0, 0.05) is 11.8 Å². The Hall–Kier alpha value is -3.45. The number of benzene rings is 3. The fourth-order valence-electron chi connectivity index (χ4n) is 5.43. The molecular formula is C33H35N. The van der Waals surface area contributed by atoms with Gasteiger partial charge in [-0.2, -0.15) is 0 Å². The van der Waals surface area contributed by atoms with Gasteiger partial charge in [0.1, 0.15) is 0 Å². The van der Waals surface area contributed by atoms with Gasteiger partial charge in [-0.05, 0) is 115 Å². The lowest BCUT2D eigenvalue weighted by Gasteiger charge is -2.16. The zero-order valence-corrected chi connectivity index (χ0v) is 21.4. The third-order valence-corrected chi connectivity index (χ3v) is 6.69. The van der Waals surface area contributed by atoms with Crippen LogP contribution in [0.3, 0.4) is 0 Å². The summed E-state index contributed by atoms with van der Waals surface area (Å²) in [5, 5.41) is 0. The number of nitrogens with zero attached hydrogens (tertiary/aromatic N) is 1. The maximum absolute atomic E-state index is 4.75. The van der Waals surface area contributed by atoms with Gasteiger partial charge in [-0.25, -0.2) is 0 Å². The zero-order valence-electron chi connectivity index (χ0n) is 21.4. The molecular weight excluding hydrogens is 410 g/mol. The first-order valence-corrected chi connectivity index (χ1v) is 12.2. The highest BCUT2D eigenvalue weighted by Gasteiger charge is 2.13. The predicted octanol–water partition coefficient (Wildman–Crippen LogP) is 9.22. The van der Waals surface area contributed by atoms with E-state index in [1.54, 1.807) is 0 Å². The molecule has 0 aliphatic rings. The van der Waals surface area contributed by atoms with Gasteiger partial charge in [0.05, 0.1) is 5.69 Å². The van der Waals surface area contributed by atoms with Crippen LogP contribution in [0.15, 0.2) is 67.4 Å². The second kappa shape index (κ2) is 9.81. The van der Waals surface area contributed by atoms with Crippen molar-refractivity contribution in [3.8, 4) is 33.5 Å². The molecule has 0 bridgehead atoms. The number of aromatic nitrogens is 1. The third kappa shape index (κ3) is 4.61. The Balaban J connectivity index is 1.79. The first-order valence-electron chi connectivity index (χ1n) is 12.2. The summed E-state index contributed by atoms with van der Waals surface area (Å²) in [6, 6.07) is 20.2. The van der Waals surface area contributed by atoms with Crippen LogP contribution in [0.5, 0.6) is 0 Å². The molecule has 1 heteroatoms. The van der Waals surface area contributed by atoms with Crippen molar-refractivity contribution in [2.45, 2.75) is 54.4 Å². The molecule has 3 aromatic carbocycles. The predicted molar refractivity (Wildman–Crippen MR) is 148 cm³/mol. The summed E-state index contributed by atoms with van der Waals surface area (Å²) in [4.78, 5) is 4.75. The molecule has 1 aromatic heterocycles. The van der Waals surface area contributed by atoms with E-state index in [-0.39, 0.29) is 0 Å². The number of rotatable bonds is 6. The van der Waals surface area contributed by atoms with Crippen molar-refractivity contribution in [3.05, 3.63) is 106 Å². The highest BCUT2D eigenvalue weighted by atomic mass is 14.7. The SMILES string of the molecule is C=Cc1cc(-c2c(C)cc(C)cc2C)ccc1-c1cc(-c2c(C)cc(CCC)cc2C)ccn1. The topological polar surface area (TPSA) is 12.9 Å². The fourth-order valence-corrected chi connectivity index (χ4v) is 5.43. The van der Waals surface area contributed by atoms with Crippen molar-refractivity contribution in [1.82, 2.24) is 4.98 Å². The number of hydrogen-bond acceptors (Lipinski definition) is 1. The molecule has 1 heterocycles. The average Bonchev–Trinajstić information content (AvgIpc) is 2.78. The van der Waals surface area contributed by atoms with E-state index >= 15 is 0 Å². The van der Waals surface area contributed by atoms with E-state index in [0.717, 1.165) is 23.2 Å². The van der Waals surface area contributed by atoms with Gasteiger partial charge in [-0.15, -0.1) is 0 Å². The van der Waals surface area contributed by atoms with E-state index in [4.69, 9.17) is 4.98 Å². The van der Waals surface area contributed by atoms with Crippen molar-refractivity contribution >= 4 is 6.08 Å². The van der Waals surface area contributed by atoms with Gasteiger partial charge in [-0.1, -0.05) is 68.0 Å². The quantitative estimate of drug-likeness (QED) is 0.288. The Morgan fingerprint density at radius 3 is 1.91 bits per heavy atom. The molecule has 0 spiro atoms. The normalized spacial score (nSPS) is 11.0. The summed E-state index contributed by atoms with van der Waals surface area (Å²) in [6.45, 7) is 17.3. The van der Waals surface area contributed by atoms with Gasteiger partial charge < -0.3 is 0 Å². The van der Waals surface area contributed by atoms with Crippen LogP contribution in [-0.2, 0) is 6.42 Å². The maximum atomic E-state index is 4.75. The second-order valence-corrected chi connectivity index (χ2v) is 9.56. The van der Waals surface area contributed by atoms with Crippen LogP contribution in [0.2, 0.25) is 0 Å². The van der Waals surface area contributed by atoms with E-state index in [1.807, 2.05) is 12.3 Å². The van der Waals surface area contributed by atoms with Crippen LogP contribution in [0.1, 0.15) is 52.3 Å². The number of aryl methyl sites for hydroxylation is 6. The monoisotopic (exact) mass is 445 g/mol. The molecule has 0 atom stereocenters.